The Morgan fingerprint density at radius 2 is 1.77 bits per heavy atom. The van der Waals surface area contributed by atoms with Crippen molar-refractivity contribution in [1.29, 1.82) is 0 Å². The van der Waals surface area contributed by atoms with Gasteiger partial charge in [-0.1, -0.05) is 0 Å². The molecule has 2 aliphatic heterocycles. The van der Waals surface area contributed by atoms with Gasteiger partial charge in [-0.25, -0.2) is 4.79 Å². The fourth-order valence-electron chi connectivity index (χ4n) is 3.31. The monoisotopic (exact) mass is 353 g/mol. The number of anilines is 1. The Balaban J connectivity index is 1.61. The number of ether oxygens (including phenoxy) is 3. The molecule has 0 radical (unpaired) electrons. The Morgan fingerprint density at radius 1 is 1.00 bits per heavy atom. The third-order valence-corrected chi connectivity index (χ3v) is 4.64. The lowest BCUT2D eigenvalue weighted by Crippen LogP contribution is -2.28. The van der Waals surface area contributed by atoms with Gasteiger partial charge in [0.25, 0.3) is 5.91 Å². The molecule has 0 fully saturated rings. The average molecular weight is 353 g/mol. The molecule has 1 amide bonds. The molecule has 0 saturated carbocycles. The van der Waals surface area contributed by atoms with Crippen LogP contribution in [0.15, 0.2) is 36.4 Å². The maximum Gasteiger partial charge on any atom is 0.337 e. The van der Waals surface area contributed by atoms with Gasteiger partial charge in [0.2, 0.25) is 0 Å². The van der Waals surface area contributed by atoms with Gasteiger partial charge in [0.15, 0.2) is 11.5 Å². The fraction of sp³-hybridized carbons (Fsp3) is 0.300. The summed E-state index contributed by atoms with van der Waals surface area (Å²) in [6, 6.07) is 10.6. The van der Waals surface area contributed by atoms with E-state index in [1.54, 1.807) is 41.3 Å². The summed E-state index contributed by atoms with van der Waals surface area (Å²) in [5, 5.41) is 0. The van der Waals surface area contributed by atoms with E-state index in [-0.39, 0.29) is 11.9 Å². The number of carbonyl (C=O) groups is 2. The Hall–Kier alpha value is -3.02. The Bertz CT molecular complexity index is 877. The van der Waals surface area contributed by atoms with Gasteiger partial charge in [0.1, 0.15) is 0 Å². The first-order valence-electron chi connectivity index (χ1n) is 8.60. The van der Waals surface area contributed by atoms with Crippen LogP contribution in [0.5, 0.6) is 11.5 Å². The smallest absolute Gasteiger partial charge is 0.337 e. The number of methoxy groups -OCH3 is 1. The van der Waals surface area contributed by atoms with Crippen LogP contribution in [0.25, 0.3) is 0 Å². The topological polar surface area (TPSA) is 65.1 Å². The molecular formula is C20H19NO5. The largest absolute Gasteiger partial charge is 0.490 e. The third-order valence-electron chi connectivity index (χ3n) is 4.64. The molecule has 0 bridgehead atoms. The molecule has 2 aromatic carbocycles. The highest BCUT2D eigenvalue weighted by Crippen LogP contribution is 2.34. The quantitative estimate of drug-likeness (QED) is 0.777. The standard InChI is InChI=1S/C20H19NO5/c1-24-20(23)15-3-5-16-13(11-15)7-8-21(16)19(22)14-4-6-17-18(12-14)26-10-2-9-25-17/h3-6,11-12H,2,7-10H2,1H3. The zero-order valence-electron chi connectivity index (χ0n) is 14.5. The molecule has 2 aliphatic rings. The maximum atomic E-state index is 13.0. The zero-order chi connectivity index (χ0) is 18.1. The van der Waals surface area contributed by atoms with Crippen LogP contribution in [0.3, 0.4) is 0 Å². The van der Waals surface area contributed by atoms with Crippen molar-refractivity contribution in [3.63, 3.8) is 0 Å². The number of hydrogen-bond acceptors (Lipinski definition) is 5. The average Bonchev–Trinajstić information content (AvgIpc) is 2.95. The van der Waals surface area contributed by atoms with E-state index in [0.29, 0.717) is 48.8 Å². The molecule has 134 valence electrons. The lowest BCUT2D eigenvalue weighted by atomic mass is 10.1. The molecule has 0 aliphatic carbocycles. The second kappa shape index (κ2) is 6.71. The molecule has 6 heteroatoms. The van der Waals surface area contributed by atoms with Crippen molar-refractivity contribution in [2.45, 2.75) is 12.8 Å². The Kier molecular flexibility index (Phi) is 4.24. The van der Waals surface area contributed by atoms with Crippen LogP contribution in [-0.2, 0) is 11.2 Å². The predicted octanol–water partition coefficient (Wildman–Crippen LogP) is 2.84. The fourth-order valence-corrected chi connectivity index (χ4v) is 3.31. The summed E-state index contributed by atoms with van der Waals surface area (Å²) >= 11 is 0. The van der Waals surface area contributed by atoms with Gasteiger partial charge in [-0.15, -0.1) is 0 Å². The van der Waals surface area contributed by atoms with Gasteiger partial charge < -0.3 is 19.1 Å². The van der Waals surface area contributed by atoms with Crippen LogP contribution in [0.4, 0.5) is 5.69 Å². The molecule has 2 heterocycles. The molecule has 0 unspecified atom stereocenters. The number of fused-ring (bicyclic) bond motifs is 2. The number of hydrogen-bond donors (Lipinski definition) is 0. The van der Waals surface area contributed by atoms with Crippen LogP contribution >= 0.6 is 0 Å². The summed E-state index contributed by atoms with van der Waals surface area (Å²) < 4.78 is 16.1. The lowest BCUT2D eigenvalue weighted by molar-refractivity contribution is 0.0600. The van der Waals surface area contributed by atoms with Crippen molar-refractivity contribution >= 4 is 17.6 Å². The van der Waals surface area contributed by atoms with Crippen LogP contribution in [0.2, 0.25) is 0 Å². The molecule has 2 aromatic rings. The van der Waals surface area contributed by atoms with Gasteiger partial charge in [-0.05, 0) is 48.4 Å². The van der Waals surface area contributed by atoms with Crippen molar-refractivity contribution in [1.82, 2.24) is 0 Å². The summed E-state index contributed by atoms with van der Waals surface area (Å²) in [6.45, 7) is 1.77. The van der Waals surface area contributed by atoms with E-state index in [1.807, 2.05) is 0 Å². The van der Waals surface area contributed by atoms with Crippen molar-refractivity contribution in [3.8, 4) is 11.5 Å². The molecule has 0 N–H and O–H groups in total. The van der Waals surface area contributed by atoms with Crippen LogP contribution in [0, 0.1) is 0 Å². The van der Waals surface area contributed by atoms with E-state index in [2.05, 4.69) is 0 Å². The van der Waals surface area contributed by atoms with Gasteiger partial charge in [0, 0.05) is 24.2 Å². The van der Waals surface area contributed by atoms with Crippen LogP contribution in [0.1, 0.15) is 32.7 Å². The Morgan fingerprint density at radius 3 is 2.58 bits per heavy atom. The van der Waals surface area contributed by atoms with Gasteiger partial charge in [-0.3, -0.25) is 4.79 Å². The van der Waals surface area contributed by atoms with Gasteiger partial charge in [0.05, 0.1) is 25.9 Å². The SMILES string of the molecule is COC(=O)c1ccc2c(c1)CCN2C(=O)c1ccc2c(c1)OCCCO2. The molecule has 26 heavy (non-hydrogen) atoms. The molecule has 0 aromatic heterocycles. The van der Waals surface area contributed by atoms with E-state index in [1.165, 1.54) is 7.11 Å². The first kappa shape index (κ1) is 16.4. The lowest BCUT2D eigenvalue weighted by Gasteiger charge is -2.18. The summed E-state index contributed by atoms with van der Waals surface area (Å²) in [6.07, 6.45) is 1.52. The van der Waals surface area contributed by atoms with Gasteiger partial charge in [-0.2, -0.15) is 0 Å². The summed E-state index contributed by atoms with van der Waals surface area (Å²) in [5.41, 5.74) is 2.85. The van der Waals surface area contributed by atoms with Crippen LogP contribution in [-0.4, -0.2) is 38.7 Å². The number of nitrogens with zero attached hydrogens (tertiary/aromatic N) is 1. The van der Waals surface area contributed by atoms with Crippen molar-refractivity contribution < 1.29 is 23.8 Å². The molecule has 0 spiro atoms. The van der Waals surface area contributed by atoms with Crippen molar-refractivity contribution in [3.05, 3.63) is 53.1 Å². The maximum absolute atomic E-state index is 13.0. The van der Waals surface area contributed by atoms with E-state index >= 15 is 0 Å². The summed E-state index contributed by atoms with van der Waals surface area (Å²) in [5.74, 6) is 0.808. The number of benzene rings is 2. The van der Waals surface area contributed by atoms with E-state index in [4.69, 9.17) is 14.2 Å². The molecular weight excluding hydrogens is 334 g/mol. The highest BCUT2D eigenvalue weighted by atomic mass is 16.5. The number of esters is 1. The second-order valence-electron chi connectivity index (χ2n) is 6.25. The minimum absolute atomic E-state index is 0.0924. The summed E-state index contributed by atoms with van der Waals surface area (Å²) in [4.78, 5) is 26.4. The zero-order valence-corrected chi connectivity index (χ0v) is 14.5. The number of carbonyl (C=O) groups excluding carboxylic acids is 2. The minimum Gasteiger partial charge on any atom is -0.490 e. The molecule has 0 atom stereocenters. The minimum atomic E-state index is -0.375. The van der Waals surface area contributed by atoms with Crippen molar-refractivity contribution in [2.75, 3.05) is 31.8 Å². The molecule has 0 saturated heterocycles. The van der Waals surface area contributed by atoms with Crippen molar-refractivity contribution in [2.24, 2.45) is 0 Å². The first-order chi connectivity index (χ1) is 12.7. The molecule has 4 rings (SSSR count). The third kappa shape index (κ3) is 2.87. The molecule has 6 nitrogen and oxygen atoms in total. The number of rotatable bonds is 2. The highest BCUT2D eigenvalue weighted by molar-refractivity contribution is 6.08. The normalized spacial score (nSPS) is 15.2. The number of amides is 1. The first-order valence-corrected chi connectivity index (χ1v) is 8.60. The second-order valence-corrected chi connectivity index (χ2v) is 6.25. The van der Waals surface area contributed by atoms with Gasteiger partial charge >= 0.3 is 5.97 Å². The van der Waals surface area contributed by atoms with E-state index in [9.17, 15) is 9.59 Å². The summed E-state index contributed by atoms with van der Waals surface area (Å²) in [7, 11) is 1.36. The van der Waals surface area contributed by atoms with E-state index in [0.717, 1.165) is 17.7 Å². The van der Waals surface area contributed by atoms with Crippen LogP contribution < -0.4 is 14.4 Å². The predicted molar refractivity (Wildman–Crippen MR) is 95.2 cm³/mol. The Labute approximate surface area is 151 Å². The highest BCUT2D eigenvalue weighted by Gasteiger charge is 2.27. The van der Waals surface area contributed by atoms with E-state index < -0.39 is 0 Å².